The van der Waals surface area contributed by atoms with Crippen molar-refractivity contribution in [3.8, 4) is 11.3 Å². The molecule has 0 unspecified atom stereocenters. The molecule has 0 amide bonds. The van der Waals surface area contributed by atoms with E-state index < -0.39 is 0 Å². The largest absolute Gasteiger partial charge is 0.371 e. The minimum Gasteiger partial charge on any atom is -0.371 e. The molecular weight excluding hydrogens is 370 g/mol. The number of rotatable bonds is 6. The molecule has 0 saturated carbocycles. The Balaban J connectivity index is 1.48. The third-order valence-electron chi connectivity index (χ3n) is 5.43. The predicted octanol–water partition coefficient (Wildman–Crippen LogP) is 6.21. The maximum atomic E-state index is 4.72. The lowest BCUT2D eigenvalue weighted by molar-refractivity contribution is 0.578. The molecule has 1 aromatic heterocycles. The van der Waals surface area contributed by atoms with E-state index in [9.17, 15) is 0 Å². The summed E-state index contributed by atoms with van der Waals surface area (Å²) in [6.45, 7) is 6.34. The Hall–Kier alpha value is -3.34. The van der Waals surface area contributed by atoms with Crippen molar-refractivity contribution in [1.82, 2.24) is 9.97 Å². The average Bonchev–Trinajstić information content (AvgIpc) is 2.80. The number of anilines is 4. The summed E-state index contributed by atoms with van der Waals surface area (Å²) in [4.78, 5) is 11.6. The first-order valence-electron chi connectivity index (χ1n) is 10.7. The predicted molar refractivity (Wildman–Crippen MR) is 126 cm³/mol. The van der Waals surface area contributed by atoms with E-state index in [1.165, 1.54) is 24.9 Å². The van der Waals surface area contributed by atoms with Gasteiger partial charge in [0.25, 0.3) is 0 Å². The SMILES string of the molecule is C/C=C(/C)Nc1ccc(-c2ccnc(Nc3cccc(N4CCCCC4)c3)n2)cc1. The molecule has 2 aromatic carbocycles. The highest BCUT2D eigenvalue weighted by Crippen LogP contribution is 2.25. The first-order valence-corrected chi connectivity index (χ1v) is 10.7. The van der Waals surface area contributed by atoms with Crippen molar-refractivity contribution in [3.63, 3.8) is 0 Å². The first kappa shape index (κ1) is 20.0. The Morgan fingerprint density at radius 1 is 0.967 bits per heavy atom. The lowest BCUT2D eigenvalue weighted by Crippen LogP contribution is -2.29. The van der Waals surface area contributed by atoms with Crippen LogP contribution in [0.1, 0.15) is 33.1 Å². The van der Waals surface area contributed by atoms with Gasteiger partial charge in [-0.1, -0.05) is 24.3 Å². The van der Waals surface area contributed by atoms with Crippen LogP contribution in [-0.4, -0.2) is 23.1 Å². The van der Waals surface area contributed by atoms with Crippen molar-refractivity contribution in [2.45, 2.75) is 33.1 Å². The first-order chi connectivity index (χ1) is 14.7. The Bertz CT molecular complexity index is 1000. The molecule has 3 aromatic rings. The van der Waals surface area contributed by atoms with Crippen LogP contribution in [0.5, 0.6) is 0 Å². The van der Waals surface area contributed by atoms with Crippen LogP contribution in [0.4, 0.5) is 23.0 Å². The molecule has 0 aliphatic carbocycles. The summed E-state index contributed by atoms with van der Waals surface area (Å²) >= 11 is 0. The molecule has 1 fully saturated rings. The molecule has 1 aliphatic heterocycles. The second kappa shape index (κ2) is 9.44. The fourth-order valence-corrected chi connectivity index (χ4v) is 3.67. The van der Waals surface area contributed by atoms with Crippen molar-refractivity contribution in [2.75, 3.05) is 28.6 Å². The molecule has 2 N–H and O–H groups in total. The van der Waals surface area contributed by atoms with Gasteiger partial charge < -0.3 is 15.5 Å². The molecular formula is C25H29N5. The normalized spacial score (nSPS) is 14.5. The molecule has 154 valence electrons. The topological polar surface area (TPSA) is 53.1 Å². The van der Waals surface area contributed by atoms with Crippen LogP contribution in [0.2, 0.25) is 0 Å². The van der Waals surface area contributed by atoms with Crippen molar-refractivity contribution < 1.29 is 0 Å². The molecule has 1 saturated heterocycles. The van der Waals surface area contributed by atoms with Crippen molar-refractivity contribution in [2.24, 2.45) is 0 Å². The van der Waals surface area contributed by atoms with Gasteiger partial charge in [0, 0.05) is 47.6 Å². The number of allylic oxidation sites excluding steroid dienone is 2. The minimum atomic E-state index is 0.607. The number of hydrogen-bond acceptors (Lipinski definition) is 5. The van der Waals surface area contributed by atoms with Gasteiger partial charge in [-0.15, -0.1) is 0 Å². The van der Waals surface area contributed by atoms with Crippen LogP contribution in [-0.2, 0) is 0 Å². The van der Waals surface area contributed by atoms with Crippen molar-refractivity contribution in [1.29, 1.82) is 0 Å². The third kappa shape index (κ3) is 4.98. The number of benzene rings is 2. The van der Waals surface area contributed by atoms with Gasteiger partial charge in [0.15, 0.2) is 0 Å². The van der Waals surface area contributed by atoms with E-state index in [1.54, 1.807) is 6.20 Å². The molecule has 0 atom stereocenters. The van der Waals surface area contributed by atoms with Crippen LogP contribution in [0.25, 0.3) is 11.3 Å². The van der Waals surface area contributed by atoms with E-state index in [0.717, 1.165) is 41.4 Å². The number of nitrogens with one attached hydrogen (secondary N) is 2. The molecule has 0 bridgehead atoms. The molecule has 0 radical (unpaired) electrons. The average molecular weight is 400 g/mol. The van der Waals surface area contributed by atoms with Crippen molar-refractivity contribution >= 4 is 23.0 Å². The second-order valence-electron chi connectivity index (χ2n) is 7.66. The van der Waals surface area contributed by atoms with E-state index in [2.05, 4.69) is 82.0 Å². The number of piperidine rings is 1. The van der Waals surface area contributed by atoms with Gasteiger partial charge in [-0.25, -0.2) is 9.97 Å². The second-order valence-corrected chi connectivity index (χ2v) is 7.66. The number of aromatic nitrogens is 2. The van der Waals surface area contributed by atoms with Crippen LogP contribution < -0.4 is 15.5 Å². The van der Waals surface area contributed by atoms with E-state index in [0.29, 0.717) is 5.95 Å². The Morgan fingerprint density at radius 2 is 1.77 bits per heavy atom. The van der Waals surface area contributed by atoms with Gasteiger partial charge in [-0.05, 0) is 69.5 Å². The lowest BCUT2D eigenvalue weighted by Gasteiger charge is -2.29. The number of hydrogen-bond donors (Lipinski definition) is 2. The van der Waals surface area contributed by atoms with E-state index in [1.807, 2.05) is 13.0 Å². The molecule has 0 spiro atoms. The third-order valence-corrected chi connectivity index (χ3v) is 5.43. The fraction of sp³-hybridized carbons (Fsp3) is 0.280. The summed E-state index contributed by atoms with van der Waals surface area (Å²) in [5.41, 5.74) is 6.42. The molecule has 30 heavy (non-hydrogen) atoms. The molecule has 1 aliphatic rings. The van der Waals surface area contributed by atoms with Crippen LogP contribution >= 0.6 is 0 Å². The summed E-state index contributed by atoms with van der Waals surface area (Å²) in [5.74, 6) is 0.607. The standard InChI is InChI=1S/C25H29N5/c1-3-19(2)27-21-12-10-20(11-13-21)24-14-15-26-25(29-24)28-22-8-7-9-23(18-22)30-16-5-4-6-17-30/h3,7-15,18,27H,4-6,16-17H2,1-2H3,(H,26,28,29)/b19-3-. The Morgan fingerprint density at radius 3 is 2.53 bits per heavy atom. The van der Waals surface area contributed by atoms with Crippen LogP contribution in [0.15, 0.2) is 72.6 Å². The quantitative estimate of drug-likeness (QED) is 0.516. The number of nitrogens with zero attached hydrogens (tertiary/aromatic N) is 3. The summed E-state index contributed by atoms with van der Waals surface area (Å²) in [6.07, 6.45) is 7.73. The Kier molecular flexibility index (Phi) is 6.28. The minimum absolute atomic E-state index is 0.607. The van der Waals surface area contributed by atoms with Gasteiger partial charge >= 0.3 is 0 Å². The van der Waals surface area contributed by atoms with Crippen LogP contribution in [0, 0.1) is 0 Å². The summed E-state index contributed by atoms with van der Waals surface area (Å²) in [7, 11) is 0. The van der Waals surface area contributed by atoms with Crippen molar-refractivity contribution in [3.05, 3.63) is 72.6 Å². The highest BCUT2D eigenvalue weighted by molar-refractivity contribution is 5.66. The van der Waals surface area contributed by atoms with E-state index in [4.69, 9.17) is 4.98 Å². The monoisotopic (exact) mass is 399 g/mol. The zero-order chi connectivity index (χ0) is 20.8. The van der Waals surface area contributed by atoms with Crippen LogP contribution in [0.3, 0.4) is 0 Å². The lowest BCUT2D eigenvalue weighted by atomic mass is 10.1. The van der Waals surface area contributed by atoms with E-state index >= 15 is 0 Å². The smallest absolute Gasteiger partial charge is 0.227 e. The molecule has 2 heterocycles. The van der Waals surface area contributed by atoms with Gasteiger partial charge in [-0.3, -0.25) is 0 Å². The summed E-state index contributed by atoms with van der Waals surface area (Å²) in [6, 6.07) is 18.8. The molecule has 4 rings (SSSR count). The van der Waals surface area contributed by atoms with E-state index in [-0.39, 0.29) is 0 Å². The maximum Gasteiger partial charge on any atom is 0.227 e. The highest BCUT2D eigenvalue weighted by Gasteiger charge is 2.11. The summed E-state index contributed by atoms with van der Waals surface area (Å²) < 4.78 is 0. The summed E-state index contributed by atoms with van der Waals surface area (Å²) in [5, 5.41) is 6.73. The van der Waals surface area contributed by atoms with Gasteiger partial charge in [0.05, 0.1) is 5.69 Å². The fourth-order valence-electron chi connectivity index (χ4n) is 3.67. The zero-order valence-corrected chi connectivity index (χ0v) is 17.7. The molecule has 5 heteroatoms. The van der Waals surface area contributed by atoms with Gasteiger partial charge in [0.1, 0.15) is 0 Å². The highest BCUT2D eigenvalue weighted by atomic mass is 15.1. The zero-order valence-electron chi connectivity index (χ0n) is 17.7. The molecule has 5 nitrogen and oxygen atoms in total. The maximum absolute atomic E-state index is 4.72. The Labute approximate surface area is 178 Å². The van der Waals surface area contributed by atoms with Gasteiger partial charge in [0.2, 0.25) is 5.95 Å². The van der Waals surface area contributed by atoms with Gasteiger partial charge in [-0.2, -0.15) is 0 Å².